The van der Waals surface area contributed by atoms with E-state index in [1.54, 1.807) is 18.2 Å². The standard InChI is InChI=1S/C15H17ClN2O3/c1-9(2)8-17-12(19)6-7-18-14(20)10-4-3-5-11(16)13(10)15(18)21/h3-5,9H,6-8H2,1-2H3,(H,17,19). The number of amides is 3. The summed E-state index contributed by atoms with van der Waals surface area (Å²) in [6.07, 6.45) is 0.0931. The van der Waals surface area contributed by atoms with Crippen molar-refractivity contribution in [2.75, 3.05) is 13.1 Å². The highest BCUT2D eigenvalue weighted by atomic mass is 35.5. The van der Waals surface area contributed by atoms with Crippen molar-refractivity contribution in [2.45, 2.75) is 20.3 Å². The molecule has 5 nitrogen and oxygen atoms in total. The summed E-state index contributed by atoms with van der Waals surface area (Å²) in [5.41, 5.74) is 0.529. The lowest BCUT2D eigenvalue weighted by Crippen LogP contribution is -2.35. The Bertz CT molecular complexity index is 599. The first-order valence-electron chi connectivity index (χ1n) is 6.83. The predicted molar refractivity (Wildman–Crippen MR) is 79.3 cm³/mol. The molecule has 0 saturated carbocycles. The molecule has 0 fully saturated rings. The van der Waals surface area contributed by atoms with Gasteiger partial charge in [-0.1, -0.05) is 31.5 Å². The molecule has 6 heteroatoms. The summed E-state index contributed by atoms with van der Waals surface area (Å²) in [4.78, 5) is 37.1. The van der Waals surface area contributed by atoms with E-state index in [9.17, 15) is 14.4 Å². The van der Waals surface area contributed by atoms with Gasteiger partial charge in [-0.3, -0.25) is 19.3 Å². The molecule has 3 amide bonds. The van der Waals surface area contributed by atoms with Crippen LogP contribution in [0.25, 0.3) is 0 Å². The molecule has 1 N–H and O–H groups in total. The van der Waals surface area contributed by atoms with E-state index in [0.717, 1.165) is 4.90 Å². The molecule has 1 heterocycles. The summed E-state index contributed by atoms with van der Waals surface area (Å²) in [7, 11) is 0. The van der Waals surface area contributed by atoms with Gasteiger partial charge in [0.25, 0.3) is 11.8 Å². The van der Waals surface area contributed by atoms with Crippen molar-refractivity contribution >= 4 is 29.3 Å². The maximum Gasteiger partial charge on any atom is 0.263 e. The number of hydrogen-bond acceptors (Lipinski definition) is 3. The van der Waals surface area contributed by atoms with E-state index in [0.29, 0.717) is 18.0 Å². The molecule has 0 spiro atoms. The Morgan fingerprint density at radius 2 is 2.00 bits per heavy atom. The van der Waals surface area contributed by atoms with Gasteiger partial charge in [-0.25, -0.2) is 0 Å². The number of benzene rings is 1. The Balaban J connectivity index is 2.01. The summed E-state index contributed by atoms with van der Waals surface area (Å²) in [5.74, 6) is -0.648. The minimum Gasteiger partial charge on any atom is -0.356 e. The van der Waals surface area contributed by atoms with Gasteiger partial charge in [0.2, 0.25) is 5.91 Å². The van der Waals surface area contributed by atoms with Crippen LogP contribution in [-0.2, 0) is 4.79 Å². The molecular weight excluding hydrogens is 292 g/mol. The van der Waals surface area contributed by atoms with Crippen molar-refractivity contribution in [1.82, 2.24) is 10.2 Å². The van der Waals surface area contributed by atoms with Gasteiger partial charge in [-0.15, -0.1) is 0 Å². The van der Waals surface area contributed by atoms with E-state index in [2.05, 4.69) is 5.32 Å². The van der Waals surface area contributed by atoms with Gasteiger partial charge >= 0.3 is 0 Å². The van der Waals surface area contributed by atoms with Crippen molar-refractivity contribution in [3.63, 3.8) is 0 Å². The molecule has 1 aromatic rings. The van der Waals surface area contributed by atoms with Gasteiger partial charge in [-0.2, -0.15) is 0 Å². The summed E-state index contributed by atoms with van der Waals surface area (Å²) in [5, 5.41) is 3.02. The summed E-state index contributed by atoms with van der Waals surface area (Å²) < 4.78 is 0. The van der Waals surface area contributed by atoms with E-state index < -0.39 is 11.8 Å². The maximum atomic E-state index is 12.2. The van der Waals surface area contributed by atoms with Crippen LogP contribution in [0.3, 0.4) is 0 Å². The van der Waals surface area contributed by atoms with Crippen molar-refractivity contribution in [2.24, 2.45) is 5.92 Å². The smallest absolute Gasteiger partial charge is 0.263 e. The zero-order valence-electron chi connectivity index (χ0n) is 12.0. The Hall–Kier alpha value is -1.88. The minimum atomic E-state index is -0.433. The lowest BCUT2D eigenvalue weighted by Gasteiger charge is -2.14. The van der Waals surface area contributed by atoms with Gasteiger partial charge in [0.15, 0.2) is 0 Å². The first-order chi connectivity index (χ1) is 9.91. The molecule has 2 rings (SSSR count). The van der Waals surface area contributed by atoms with Gasteiger partial charge < -0.3 is 5.32 Å². The Morgan fingerprint density at radius 3 is 2.62 bits per heavy atom. The molecule has 1 aliphatic rings. The van der Waals surface area contributed by atoms with E-state index in [1.807, 2.05) is 13.8 Å². The van der Waals surface area contributed by atoms with Crippen molar-refractivity contribution < 1.29 is 14.4 Å². The Labute approximate surface area is 128 Å². The number of nitrogens with zero attached hydrogens (tertiary/aromatic N) is 1. The van der Waals surface area contributed by atoms with E-state index >= 15 is 0 Å². The topological polar surface area (TPSA) is 66.5 Å². The van der Waals surface area contributed by atoms with Crippen LogP contribution in [-0.4, -0.2) is 35.7 Å². The first-order valence-corrected chi connectivity index (χ1v) is 7.21. The van der Waals surface area contributed by atoms with E-state index in [4.69, 9.17) is 11.6 Å². The van der Waals surface area contributed by atoms with Crippen molar-refractivity contribution in [3.8, 4) is 0 Å². The van der Waals surface area contributed by atoms with Crippen molar-refractivity contribution in [3.05, 3.63) is 34.3 Å². The molecule has 21 heavy (non-hydrogen) atoms. The number of rotatable bonds is 5. The van der Waals surface area contributed by atoms with E-state index in [1.165, 1.54) is 0 Å². The summed E-state index contributed by atoms with van der Waals surface area (Å²) in [6, 6.07) is 4.77. The minimum absolute atomic E-state index is 0.0621. The van der Waals surface area contributed by atoms with Gasteiger partial charge in [0.1, 0.15) is 0 Å². The molecule has 0 unspecified atom stereocenters. The molecule has 0 aromatic heterocycles. The Kier molecular flexibility index (Phi) is 4.63. The van der Waals surface area contributed by atoms with Crippen LogP contribution in [0.1, 0.15) is 41.0 Å². The van der Waals surface area contributed by atoms with Crippen LogP contribution in [0.15, 0.2) is 18.2 Å². The third-order valence-corrected chi connectivity index (χ3v) is 3.53. The molecule has 0 bridgehead atoms. The zero-order valence-corrected chi connectivity index (χ0v) is 12.7. The molecule has 112 valence electrons. The second-order valence-electron chi connectivity index (χ2n) is 5.37. The molecular formula is C15H17ClN2O3. The second-order valence-corrected chi connectivity index (χ2v) is 5.78. The van der Waals surface area contributed by atoms with Crippen LogP contribution in [0.4, 0.5) is 0 Å². The highest BCUT2D eigenvalue weighted by Crippen LogP contribution is 2.28. The summed E-state index contributed by atoms with van der Waals surface area (Å²) >= 11 is 5.96. The third-order valence-electron chi connectivity index (χ3n) is 3.22. The SMILES string of the molecule is CC(C)CNC(=O)CCN1C(=O)c2cccc(Cl)c2C1=O. The number of halogens is 1. The highest BCUT2D eigenvalue weighted by molar-refractivity contribution is 6.37. The molecule has 0 radical (unpaired) electrons. The van der Waals surface area contributed by atoms with Gasteiger partial charge in [-0.05, 0) is 18.1 Å². The number of hydrogen-bond donors (Lipinski definition) is 1. The summed E-state index contributed by atoms with van der Waals surface area (Å²) in [6.45, 7) is 4.62. The number of carbonyl (C=O) groups is 3. The van der Waals surface area contributed by atoms with Crippen LogP contribution in [0.5, 0.6) is 0 Å². The molecule has 0 saturated heterocycles. The fourth-order valence-electron chi connectivity index (χ4n) is 2.12. The number of carbonyl (C=O) groups excluding carboxylic acids is 3. The lowest BCUT2D eigenvalue weighted by molar-refractivity contribution is -0.121. The fourth-order valence-corrected chi connectivity index (χ4v) is 2.37. The first kappa shape index (κ1) is 15.5. The van der Waals surface area contributed by atoms with Crippen molar-refractivity contribution in [1.29, 1.82) is 0 Å². The average molecular weight is 309 g/mol. The third kappa shape index (κ3) is 3.24. The van der Waals surface area contributed by atoms with Gasteiger partial charge in [0.05, 0.1) is 16.1 Å². The monoisotopic (exact) mass is 308 g/mol. The number of fused-ring (bicyclic) bond motifs is 1. The Morgan fingerprint density at radius 1 is 1.29 bits per heavy atom. The quantitative estimate of drug-likeness (QED) is 0.847. The van der Waals surface area contributed by atoms with Crippen LogP contribution in [0, 0.1) is 5.92 Å². The van der Waals surface area contributed by atoms with Crippen LogP contribution < -0.4 is 5.32 Å². The average Bonchev–Trinajstić information content (AvgIpc) is 2.67. The largest absolute Gasteiger partial charge is 0.356 e. The van der Waals surface area contributed by atoms with Crippen LogP contribution >= 0.6 is 11.6 Å². The fraction of sp³-hybridized carbons (Fsp3) is 0.400. The highest BCUT2D eigenvalue weighted by Gasteiger charge is 2.36. The number of imide groups is 1. The van der Waals surface area contributed by atoms with E-state index in [-0.39, 0.29) is 29.5 Å². The number of nitrogens with one attached hydrogen (secondary N) is 1. The normalized spacial score (nSPS) is 13.8. The predicted octanol–water partition coefficient (Wildman–Crippen LogP) is 2.10. The molecule has 1 aliphatic heterocycles. The second kappa shape index (κ2) is 6.26. The zero-order chi connectivity index (χ0) is 15.6. The molecule has 1 aromatic carbocycles. The maximum absolute atomic E-state index is 12.2. The molecule has 0 atom stereocenters. The van der Waals surface area contributed by atoms with Crippen LogP contribution in [0.2, 0.25) is 5.02 Å². The molecule has 0 aliphatic carbocycles. The lowest BCUT2D eigenvalue weighted by atomic mass is 10.1. The van der Waals surface area contributed by atoms with Gasteiger partial charge in [0, 0.05) is 19.5 Å².